The fraction of sp³-hybridized carbons (Fsp3) is 0.235. The van der Waals surface area contributed by atoms with Gasteiger partial charge in [0.05, 0.1) is 0 Å². The second-order valence-corrected chi connectivity index (χ2v) is 5.06. The summed E-state index contributed by atoms with van der Waals surface area (Å²) in [6.45, 7) is 4.01. The highest BCUT2D eigenvalue weighted by atomic mass is 19.1. The van der Waals surface area contributed by atoms with Gasteiger partial charge >= 0.3 is 0 Å². The Labute approximate surface area is 122 Å². The van der Waals surface area contributed by atoms with Crippen molar-refractivity contribution in [2.45, 2.75) is 26.3 Å². The maximum Gasteiger partial charge on any atom is 0.195 e. The number of nitrogens with one attached hydrogen (secondary N) is 1. The molecule has 0 fully saturated rings. The van der Waals surface area contributed by atoms with Gasteiger partial charge in [-0.2, -0.15) is 0 Å². The van der Waals surface area contributed by atoms with Crippen LogP contribution in [0.2, 0.25) is 0 Å². The minimum atomic E-state index is -0.222. The zero-order chi connectivity index (χ0) is 14.8. The molecular weight excluding hydrogens is 267 g/mol. The summed E-state index contributed by atoms with van der Waals surface area (Å²) >= 11 is 0. The van der Waals surface area contributed by atoms with Crippen LogP contribution in [-0.4, -0.2) is 4.98 Å². The predicted molar refractivity (Wildman–Crippen MR) is 81.8 cm³/mol. The summed E-state index contributed by atoms with van der Waals surface area (Å²) in [7, 11) is 0. The molecule has 0 saturated carbocycles. The Morgan fingerprint density at radius 2 is 2.10 bits per heavy atom. The summed E-state index contributed by atoms with van der Waals surface area (Å²) in [5, 5.41) is 3.36. The number of hydrogen-bond acceptors (Lipinski definition) is 3. The number of aromatic nitrogens is 1. The number of nitrogens with zero attached hydrogens (tertiary/aromatic N) is 1. The summed E-state index contributed by atoms with van der Waals surface area (Å²) in [5.74, 6) is 0.515. The molecule has 2 aromatic carbocycles. The number of halogens is 1. The highest BCUT2D eigenvalue weighted by Crippen LogP contribution is 2.24. The Morgan fingerprint density at radius 3 is 2.86 bits per heavy atom. The maximum atomic E-state index is 13.3. The molecule has 3 nitrogen and oxygen atoms in total. The van der Waals surface area contributed by atoms with Crippen molar-refractivity contribution in [3.8, 4) is 0 Å². The van der Waals surface area contributed by atoms with Gasteiger partial charge < -0.3 is 9.73 Å². The number of fused-ring (bicyclic) bond motifs is 1. The number of anilines is 1. The topological polar surface area (TPSA) is 38.1 Å². The van der Waals surface area contributed by atoms with Crippen LogP contribution in [0.3, 0.4) is 0 Å². The molecule has 0 aliphatic rings. The number of oxazole rings is 1. The van der Waals surface area contributed by atoms with Crippen LogP contribution in [0.15, 0.2) is 46.9 Å². The molecule has 0 aliphatic carbocycles. The van der Waals surface area contributed by atoms with Crippen LogP contribution in [0.25, 0.3) is 11.1 Å². The molecule has 0 radical (unpaired) electrons. The average Bonchev–Trinajstić information content (AvgIpc) is 2.89. The molecule has 1 aromatic heterocycles. The number of rotatable bonds is 4. The maximum absolute atomic E-state index is 13.3. The highest BCUT2D eigenvalue weighted by molar-refractivity contribution is 5.77. The van der Waals surface area contributed by atoms with Crippen molar-refractivity contribution in [2.75, 3.05) is 5.32 Å². The predicted octanol–water partition coefficient (Wildman–Crippen LogP) is 4.70. The van der Waals surface area contributed by atoms with Crippen LogP contribution >= 0.6 is 0 Å². The smallest absolute Gasteiger partial charge is 0.195 e. The van der Waals surface area contributed by atoms with Crippen LogP contribution in [-0.2, 0) is 6.42 Å². The standard InChI is InChI=1S/C17H17FN2O/c1-3-17-20-15-10-14(7-8-16(15)21-17)19-11(2)12-5-4-6-13(18)9-12/h4-11,19H,3H2,1-2H3. The lowest BCUT2D eigenvalue weighted by molar-refractivity contribution is 0.538. The zero-order valence-corrected chi connectivity index (χ0v) is 12.1. The quantitative estimate of drug-likeness (QED) is 0.754. The Kier molecular flexibility index (Phi) is 3.60. The van der Waals surface area contributed by atoms with E-state index in [1.165, 1.54) is 6.07 Å². The van der Waals surface area contributed by atoms with Gasteiger partial charge in [0, 0.05) is 18.2 Å². The molecule has 3 rings (SSSR count). The SMILES string of the molecule is CCc1nc2cc(NC(C)c3cccc(F)c3)ccc2o1. The molecule has 0 aliphatic heterocycles. The van der Waals surface area contributed by atoms with E-state index in [9.17, 15) is 4.39 Å². The number of aryl methyl sites for hydroxylation is 1. The molecule has 1 heterocycles. The third-order valence-corrected chi connectivity index (χ3v) is 3.47. The average molecular weight is 284 g/mol. The van der Waals surface area contributed by atoms with Crippen LogP contribution < -0.4 is 5.32 Å². The fourth-order valence-electron chi connectivity index (χ4n) is 2.33. The molecule has 1 atom stereocenters. The molecule has 0 amide bonds. The normalized spacial score (nSPS) is 12.5. The van der Waals surface area contributed by atoms with E-state index in [0.717, 1.165) is 34.7 Å². The summed E-state index contributed by atoms with van der Waals surface area (Å²) in [4.78, 5) is 4.42. The van der Waals surface area contributed by atoms with Crippen LogP contribution in [0, 0.1) is 5.82 Å². The second-order valence-electron chi connectivity index (χ2n) is 5.06. The summed E-state index contributed by atoms with van der Waals surface area (Å²) in [6.07, 6.45) is 0.775. The lowest BCUT2D eigenvalue weighted by Crippen LogP contribution is -2.06. The third-order valence-electron chi connectivity index (χ3n) is 3.47. The van der Waals surface area contributed by atoms with Gasteiger partial charge in [-0.1, -0.05) is 19.1 Å². The Hall–Kier alpha value is -2.36. The van der Waals surface area contributed by atoms with Crippen LogP contribution in [0.5, 0.6) is 0 Å². The highest BCUT2D eigenvalue weighted by Gasteiger charge is 2.09. The minimum Gasteiger partial charge on any atom is -0.441 e. The second kappa shape index (κ2) is 5.56. The van der Waals surface area contributed by atoms with Crippen LogP contribution in [0.4, 0.5) is 10.1 Å². The first-order valence-corrected chi connectivity index (χ1v) is 7.07. The number of hydrogen-bond donors (Lipinski definition) is 1. The molecule has 0 spiro atoms. The Bertz CT molecular complexity index is 766. The van der Waals surface area contributed by atoms with E-state index in [2.05, 4.69) is 10.3 Å². The molecular formula is C17H17FN2O. The molecule has 0 saturated heterocycles. The summed E-state index contributed by atoms with van der Waals surface area (Å²) in [5.41, 5.74) is 3.47. The van der Waals surface area contributed by atoms with E-state index in [4.69, 9.17) is 4.42 Å². The van der Waals surface area contributed by atoms with Gasteiger partial charge in [0.25, 0.3) is 0 Å². The third kappa shape index (κ3) is 2.89. The summed E-state index contributed by atoms with van der Waals surface area (Å²) < 4.78 is 18.9. The van der Waals surface area contributed by atoms with Gasteiger partial charge in [0.1, 0.15) is 11.3 Å². The first-order chi connectivity index (χ1) is 10.2. The van der Waals surface area contributed by atoms with Crippen molar-refractivity contribution in [3.05, 3.63) is 59.7 Å². The van der Waals surface area contributed by atoms with E-state index >= 15 is 0 Å². The minimum absolute atomic E-state index is 0.00990. The van der Waals surface area contributed by atoms with Crippen molar-refractivity contribution >= 4 is 16.8 Å². The fourth-order valence-corrected chi connectivity index (χ4v) is 2.33. The molecule has 0 bridgehead atoms. The number of benzene rings is 2. The molecule has 1 unspecified atom stereocenters. The van der Waals surface area contributed by atoms with Gasteiger partial charge in [-0.3, -0.25) is 0 Å². The lowest BCUT2D eigenvalue weighted by atomic mass is 10.1. The van der Waals surface area contributed by atoms with Crippen molar-refractivity contribution in [1.82, 2.24) is 4.98 Å². The molecule has 3 aromatic rings. The molecule has 1 N–H and O–H groups in total. The van der Waals surface area contributed by atoms with Gasteiger partial charge in [0.2, 0.25) is 0 Å². The van der Waals surface area contributed by atoms with Gasteiger partial charge in [0.15, 0.2) is 11.5 Å². The Morgan fingerprint density at radius 1 is 1.24 bits per heavy atom. The molecule has 108 valence electrons. The van der Waals surface area contributed by atoms with Gasteiger partial charge in [-0.15, -0.1) is 0 Å². The monoisotopic (exact) mass is 284 g/mol. The van der Waals surface area contributed by atoms with Gasteiger partial charge in [-0.25, -0.2) is 9.37 Å². The van der Waals surface area contributed by atoms with E-state index in [-0.39, 0.29) is 11.9 Å². The van der Waals surface area contributed by atoms with Crippen molar-refractivity contribution in [3.63, 3.8) is 0 Å². The van der Waals surface area contributed by atoms with E-state index in [1.807, 2.05) is 38.1 Å². The van der Waals surface area contributed by atoms with Gasteiger partial charge in [-0.05, 0) is 42.8 Å². The molecule has 21 heavy (non-hydrogen) atoms. The van der Waals surface area contributed by atoms with E-state index in [0.29, 0.717) is 0 Å². The van der Waals surface area contributed by atoms with E-state index < -0.39 is 0 Å². The van der Waals surface area contributed by atoms with Crippen molar-refractivity contribution in [1.29, 1.82) is 0 Å². The Balaban J connectivity index is 1.83. The zero-order valence-electron chi connectivity index (χ0n) is 12.1. The van der Waals surface area contributed by atoms with Crippen molar-refractivity contribution in [2.24, 2.45) is 0 Å². The molecule has 4 heteroatoms. The lowest BCUT2D eigenvalue weighted by Gasteiger charge is -2.15. The van der Waals surface area contributed by atoms with E-state index in [1.54, 1.807) is 12.1 Å². The largest absolute Gasteiger partial charge is 0.441 e. The van der Waals surface area contributed by atoms with Crippen molar-refractivity contribution < 1.29 is 8.81 Å². The first kappa shape index (κ1) is 13.6. The summed E-state index contributed by atoms with van der Waals surface area (Å²) in [6, 6.07) is 12.4. The van der Waals surface area contributed by atoms with Crippen LogP contribution in [0.1, 0.15) is 31.3 Å². The first-order valence-electron chi connectivity index (χ1n) is 7.07.